The van der Waals surface area contributed by atoms with E-state index in [0.717, 1.165) is 17.8 Å². The van der Waals surface area contributed by atoms with E-state index in [1.165, 1.54) is 50.6 Å². The number of halogens is 1. The van der Waals surface area contributed by atoms with Crippen LogP contribution >= 0.6 is 0 Å². The molecule has 3 aromatic rings. The molecule has 1 heterocycles. The molecule has 5 nitrogen and oxygen atoms in total. The normalized spacial score (nSPS) is 14.8. The van der Waals surface area contributed by atoms with Crippen LogP contribution in [0, 0.1) is 5.82 Å². The number of anilines is 1. The number of hydrogen-bond acceptors (Lipinski definition) is 4. The van der Waals surface area contributed by atoms with Crippen LogP contribution in [0.4, 0.5) is 10.1 Å². The molecule has 2 aromatic carbocycles. The van der Waals surface area contributed by atoms with E-state index >= 15 is 0 Å². The summed E-state index contributed by atoms with van der Waals surface area (Å²) in [5.74, 6) is -0.522. The number of carbonyl (C=O) groups excluding carboxylic acids is 1. The molecule has 1 aromatic heterocycles. The molecular weight excluding hydrogens is 381 g/mol. The maximum atomic E-state index is 13.6. The first-order valence-electron chi connectivity index (χ1n) is 10.4. The molecule has 0 aliphatic heterocycles. The predicted molar refractivity (Wildman–Crippen MR) is 115 cm³/mol. The summed E-state index contributed by atoms with van der Waals surface area (Å²) in [4.78, 5) is 19.4. The molecule has 0 saturated heterocycles. The highest BCUT2D eigenvalue weighted by molar-refractivity contribution is 6.06. The highest BCUT2D eigenvalue weighted by Crippen LogP contribution is 2.27. The molecule has 6 heteroatoms. The van der Waals surface area contributed by atoms with E-state index in [1.807, 2.05) is 24.3 Å². The topological polar surface area (TPSA) is 58.4 Å². The number of carbonyl (C=O) groups is 1. The van der Waals surface area contributed by atoms with Gasteiger partial charge < -0.3 is 9.73 Å². The summed E-state index contributed by atoms with van der Waals surface area (Å²) in [6.45, 7) is 0.761. The highest BCUT2D eigenvalue weighted by atomic mass is 19.1. The Balaban J connectivity index is 1.52. The van der Waals surface area contributed by atoms with E-state index in [-0.39, 0.29) is 17.4 Å². The summed E-state index contributed by atoms with van der Waals surface area (Å²) in [6.07, 6.45) is 7.53. The Morgan fingerprint density at radius 2 is 1.97 bits per heavy atom. The smallest absolute Gasteiger partial charge is 0.278 e. The average Bonchev–Trinajstić information content (AvgIpc) is 3.26. The number of rotatable bonds is 6. The molecule has 0 radical (unpaired) electrons. The first-order chi connectivity index (χ1) is 14.6. The molecule has 1 N–H and O–H groups in total. The average molecular weight is 407 g/mol. The molecule has 0 spiro atoms. The minimum absolute atomic E-state index is 0.135. The van der Waals surface area contributed by atoms with Gasteiger partial charge in [-0.05, 0) is 43.7 Å². The largest absolute Gasteiger partial charge is 0.443 e. The van der Waals surface area contributed by atoms with Gasteiger partial charge in [-0.25, -0.2) is 9.37 Å². The Morgan fingerprint density at radius 3 is 2.77 bits per heavy atom. The van der Waals surface area contributed by atoms with Crippen molar-refractivity contribution >= 4 is 11.6 Å². The zero-order valence-electron chi connectivity index (χ0n) is 17.1. The molecule has 4 rings (SSSR count). The zero-order chi connectivity index (χ0) is 20.9. The number of aromatic nitrogens is 1. The van der Waals surface area contributed by atoms with E-state index in [0.29, 0.717) is 11.6 Å². The minimum Gasteiger partial charge on any atom is -0.443 e. The Bertz CT molecular complexity index is 1010. The minimum atomic E-state index is -0.397. The Labute approximate surface area is 175 Å². The first kappa shape index (κ1) is 20.3. The van der Waals surface area contributed by atoms with E-state index < -0.39 is 5.82 Å². The number of nitrogens with zero attached hydrogens (tertiary/aromatic N) is 2. The fraction of sp³-hybridized carbons (Fsp3) is 0.333. The Hall–Kier alpha value is -2.99. The standard InChI is InChI=1S/C24H26FN3O2/c1-28(20-11-3-2-4-12-20)15-18-8-5-6-13-21(18)27-24(29)22-23(30-16-26-22)17-9-7-10-19(25)14-17/h5-10,13-14,16,20H,2-4,11-12,15H2,1H3,(H,27,29). The van der Waals surface area contributed by atoms with Crippen LogP contribution in [0.5, 0.6) is 0 Å². The van der Waals surface area contributed by atoms with E-state index in [2.05, 4.69) is 22.2 Å². The number of oxazole rings is 1. The number of hydrogen-bond donors (Lipinski definition) is 1. The van der Waals surface area contributed by atoms with Crippen LogP contribution in [0.3, 0.4) is 0 Å². The van der Waals surface area contributed by atoms with Crippen molar-refractivity contribution in [1.82, 2.24) is 9.88 Å². The molecule has 1 aliphatic carbocycles. The summed E-state index contributed by atoms with van der Waals surface area (Å²) < 4.78 is 19.0. The van der Waals surface area contributed by atoms with Crippen LogP contribution < -0.4 is 5.32 Å². The molecule has 1 saturated carbocycles. The van der Waals surface area contributed by atoms with Gasteiger partial charge in [0.05, 0.1) is 0 Å². The van der Waals surface area contributed by atoms with Crippen LogP contribution in [-0.4, -0.2) is 28.9 Å². The Kier molecular flexibility index (Phi) is 6.23. The van der Waals surface area contributed by atoms with Gasteiger partial charge >= 0.3 is 0 Å². The number of amides is 1. The second-order valence-electron chi connectivity index (χ2n) is 7.86. The molecule has 30 heavy (non-hydrogen) atoms. The van der Waals surface area contributed by atoms with Crippen LogP contribution in [-0.2, 0) is 6.54 Å². The van der Waals surface area contributed by atoms with E-state index in [1.54, 1.807) is 12.1 Å². The SMILES string of the molecule is CN(Cc1ccccc1NC(=O)c1ncoc1-c1cccc(F)c1)C1CCCCC1. The van der Waals surface area contributed by atoms with Gasteiger partial charge in [-0.3, -0.25) is 9.69 Å². The molecule has 0 bridgehead atoms. The number of nitrogens with one attached hydrogen (secondary N) is 1. The highest BCUT2D eigenvalue weighted by Gasteiger charge is 2.22. The maximum Gasteiger partial charge on any atom is 0.278 e. The molecule has 0 unspecified atom stereocenters. The van der Waals surface area contributed by atoms with Crippen LogP contribution in [0.15, 0.2) is 59.3 Å². The van der Waals surface area contributed by atoms with Crippen molar-refractivity contribution in [3.05, 3.63) is 72.0 Å². The number of para-hydroxylation sites is 1. The lowest BCUT2D eigenvalue weighted by Crippen LogP contribution is -2.33. The van der Waals surface area contributed by atoms with Crippen molar-refractivity contribution in [3.8, 4) is 11.3 Å². The van der Waals surface area contributed by atoms with Crippen LogP contribution in [0.2, 0.25) is 0 Å². The van der Waals surface area contributed by atoms with Gasteiger partial charge in [0.25, 0.3) is 5.91 Å². The van der Waals surface area contributed by atoms with Gasteiger partial charge in [0.15, 0.2) is 17.8 Å². The van der Waals surface area contributed by atoms with Crippen LogP contribution in [0.25, 0.3) is 11.3 Å². The molecule has 156 valence electrons. The van der Waals surface area contributed by atoms with Gasteiger partial charge in [0.2, 0.25) is 0 Å². The summed E-state index contributed by atoms with van der Waals surface area (Å²) in [5, 5.41) is 2.96. The summed E-state index contributed by atoms with van der Waals surface area (Å²) in [5.41, 5.74) is 2.41. The fourth-order valence-corrected chi connectivity index (χ4v) is 4.12. The molecular formula is C24H26FN3O2. The van der Waals surface area contributed by atoms with Crippen molar-refractivity contribution in [2.75, 3.05) is 12.4 Å². The number of benzene rings is 2. The van der Waals surface area contributed by atoms with Gasteiger partial charge in [0, 0.05) is 23.8 Å². The van der Waals surface area contributed by atoms with Gasteiger partial charge in [-0.1, -0.05) is 49.6 Å². The lowest BCUT2D eigenvalue weighted by molar-refractivity contribution is 0.102. The molecule has 1 amide bonds. The lowest BCUT2D eigenvalue weighted by Gasteiger charge is -2.31. The predicted octanol–water partition coefficient (Wildman–Crippen LogP) is 5.50. The van der Waals surface area contributed by atoms with E-state index in [9.17, 15) is 9.18 Å². The van der Waals surface area contributed by atoms with Crippen molar-refractivity contribution < 1.29 is 13.6 Å². The molecule has 1 fully saturated rings. The van der Waals surface area contributed by atoms with Crippen molar-refractivity contribution in [2.24, 2.45) is 0 Å². The second-order valence-corrected chi connectivity index (χ2v) is 7.86. The quantitative estimate of drug-likeness (QED) is 0.586. The van der Waals surface area contributed by atoms with Gasteiger partial charge in [0.1, 0.15) is 5.82 Å². The monoisotopic (exact) mass is 407 g/mol. The lowest BCUT2D eigenvalue weighted by atomic mass is 9.94. The second kappa shape index (κ2) is 9.22. The third kappa shape index (κ3) is 4.60. The third-order valence-electron chi connectivity index (χ3n) is 5.75. The van der Waals surface area contributed by atoms with Crippen LogP contribution in [0.1, 0.15) is 48.2 Å². The van der Waals surface area contributed by atoms with Gasteiger partial charge in [-0.2, -0.15) is 0 Å². The van der Waals surface area contributed by atoms with Gasteiger partial charge in [-0.15, -0.1) is 0 Å². The van der Waals surface area contributed by atoms with Crippen molar-refractivity contribution in [1.29, 1.82) is 0 Å². The summed E-state index contributed by atoms with van der Waals surface area (Å²) in [6, 6.07) is 14.3. The van der Waals surface area contributed by atoms with E-state index in [4.69, 9.17) is 4.42 Å². The molecule has 1 aliphatic rings. The van der Waals surface area contributed by atoms with Crippen molar-refractivity contribution in [3.63, 3.8) is 0 Å². The Morgan fingerprint density at radius 1 is 1.17 bits per heavy atom. The first-order valence-corrected chi connectivity index (χ1v) is 10.4. The maximum absolute atomic E-state index is 13.6. The third-order valence-corrected chi connectivity index (χ3v) is 5.75. The molecule has 0 atom stereocenters. The van der Waals surface area contributed by atoms with Crippen molar-refractivity contribution in [2.45, 2.75) is 44.7 Å². The summed E-state index contributed by atoms with van der Waals surface area (Å²) in [7, 11) is 2.15. The zero-order valence-corrected chi connectivity index (χ0v) is 17.1. The summed E-state index contributed by atoms with van der Waals surface area (Å²) >= 11 is 0. The fourth-order valence-electron chi connectivity index (χ4n) is 4.12.